The van der Waals surface area contributed by atoms with Crippen molar-refractivity contribution < 1.29 is 9.18 Å². The molecule has 0 spiro atoms. The summed E-state index contributed by atoms with van der Waals surface area (Å²) >= 11 is 1.45. The molecule has 1 N–H and O–H groups in total. The van der Waals surface area contributed by atoms with Crippen LogP contribution in [0.4, 0.5) is 4.39 Å². The molecule has 0 fully saturated rings. The molecule has 1 amide bonds. The number of hydrogen-bond acceptors (Lipinski definition) is 5. The van der Waals surface area contributed by atoms with Crippen molar-refractivity contribution in [3.8, 4) is 5.69 Å². The number of pyridine rings is 1. The first-order chi connectivity index (χ1) is 15.1. The van der Waals surface area contributed by atoms with Crippen LogP contribution in [0.25, 0.3) is 5.69 Å². The third-order valence-corrected chi connectivity index (χ3v) is 5.81. The molecule has 4 rings (SSSR count). The van der Waals surface area contributed by atoms with E-state index in [2.05, 4.69) is 20.4 Å². The Balaban J connectivity index is 1.42. The van der Waals surface area contributed by atoms with Crippen molar-refractivity contribution in [3.63, 3.8) is 0 Å². The lowest BCUT2D eigenvalue weighted by atomic mass is 10.1. The summed E-state index contributed by atoms with van der Waals surface area (Å²) in [6.07, 6.45) is 4.78. The molecule has 0 saturated carbocycles. The molecule has 0 bridgehead atoms. The predicted molar refractivity (Wildman–Crippen MR) is 117 cm³/mol. The summed E-state index contributed by atoms with van der Waals surface area (Å²) in [6, 6.07) is 17.4. The first kappa shape index (κ1) is 20.7. The molecule has 2 aromatic heterocycles. The van der Waals surface area contributed by atoms with Gasteiger partial charge in [-0.1, -0.05) is 24.3 Å². The van der Waals surface area contributed by atoms with E-state index in [-0.39, 0.29) is 17.8 Å². The van der Waals surface area contributed by atoms with Crippen LogP contribution in [-0.4, -0.2) is 25.7 Å². The Bertz CT molecular complexity index is 1150. The highest BCUT2D eigenvalue weighted by molar-refractivity contribution is 7.98. The predicted octanol–water partition coefficient (Wildman–Crippen LogP) is 4.58. The molecule has 8 heteroatoms. The minimum Gasteiger partial charge on any atom is -0.345 e. The maximum Gasteiger partial charge on any atom is 0.254 e. The SMILES string of the molecule is CC(NC(=O)c1cccnc1SCc1ccc(F)cc1)c1ccc(-n2cncn2)cc1. The first-order valence-corrected chi connectivity index (χ1v) is 10.7. The number of amides is 1. The number of benzene rings is 2. The smallest absolute Gasteiger partial charge is 0.254 e. The number of nitrogens with zero attached hydrogens (tertiary/aromatic N) is 4. The van der Waals surface area contributed by atoms with Crippen LogP contribution in [0.15, 0.2) is 84.5 Å². The van der Waals surface area contributed by atoms with Crippen LogP contribution >= 0.6 is 11.8 Å². The summed E-state index contributed by atoms with van der Waals surface area (Å²) in [5.41, 5.74) is 3.35. The summed E-state index contributed by atoms with van der Waals surface area (Å²) in [6.45, 7) is 1.93. The van der Waals surface area contributed by atoms with Gasteiger partial charge in [0.05, 0.1) is 17.3 Å². The van der Waals surface area contributed by atoms with Crippen molar-refractivity contribution in [1.29, 1.82) is 0 Å². The summed E-state index contributed by atoms with van der Waals surface area (Å²) in [5, 5.41) is 7.78. The van der Waals surface area contributed by atoms with Crippen LogP contribution < -0.4 is 5.32 Å². The maximum atomic E-state index is 13.1. The number of aromatic nitrogens is 4. The van der Waals surface area contributed by atoms with E-state index >= 15 is 0 Å². The highest BCUT2D eigenvalue weighted by atomic mass is 32.2. The Morgan fingerprint density at radius 2 is 1.90 bits per heavy atom. The van der Waals surface area contributed by atoms with E-state index in [1.54, 1.807) is 41.5 Å². The molecule has 0 radical (unpaired) electrons. The monoisotopic (exact) mass is 433 g/mol. The number of halogens is 1. The lowest BCUT2D eigenvalue weighted by Crippen LogP contribution is -2.27. The quantitative estimate of drug-likeness (QED) is 0.432. The van der Waals surface area contributed by atoms with Gasteiger partial charge in [0.15, 0.2) is 0 Å². The Hall–Kier alpha value is -3.52. The molecule has 2 aromatic carbocycles. The van der Waals surface area contributed by atoms with E-state index < -0.39 is 0 Å². The van der Waals surface area contributed by atoms with Crippen LogP contribution in [0.5, 0.6) is 0 Å². The number of nitrogens with one attached hydrogen (secondary N) is 1. The third kappa shape index (κ3) is 5.16. The van der Waals surface area contributed by atoms with Crippen molar-refractivity contribution in [3.05, 3.63) is 102 Å². The Kier molecular flexibility index (Phi) is 6.37. The number of thioether (sulfide) groups is 1. The molecule has 0 aliphatic carbocycles. The van der Waals surface area contributed by atoms with Gasteiger partial charge >= 0.3 is 0 Å². The van der Waals surface area contributed by atoms with E-state index in [9.17, 15) is 9.18 Å². The fourth-order valence-corrected chi connectivity index (χ4v) is 3.97. The second-order valence-corrected chi connectivity index (χ2v) is 7.86. The zero-order chi connectivity index (χ0) is 21.6. The molecular formula is C23H20FN5OS. The van der Waals surface area contributed by atoms with Crippen molar-refractivity contribution in [2.45, 2.75) is 23.7 Å². The second-order valence-electron chi connectivity index (χ2n) is 6.90. The van der Waals surface area contributed by atoms with Crippen LogP contribution in [0.3, 0.4) is 0 Å². The lowest BCUT2D eigenvalue weighted by molar-refractivity contribution is 0.0936. The van der Waals surface area contributed by atoms with Gasteiger partial charge in [0.1, 0.15) is 23.5 Å². The molecule has 4 aromatic rings. The summed E-state index contributed by atoms with van der Waals surface area (Å²) in [7, 11) is 0. The standard InChI is InChI=1S/C23H20FN5OS/c1-16(18-6-10-20(11-7-18)29-15-25-14-27-29)28-22(30)21-3-2-12-26-23(21)31-13-17-4-8-19(24)9-5-17/h2-12,14-16H,13H2,1H3,(H,28,30). The number of carbonyl (C=O) groups is 1. The van der Waals surface area contributed by atoms with Crippen molar-refractivity contribution in [1.82, 2.24) is 25.1 Å². The van der Waals surface area contributed by atoms with Gasteiger partial charge < -0.3 is 5.32 Å². The second kappa shape index (κ2) is 9.53. The van der Waals surface area contributed by atoms with Crippen molar-refractivity contribution in [2.24, 2.45) is 0 Å². The minimum absolute atomic E-state index is 0.188. The van der Waals surface area contributed by atoms with Crippen LogP contribution in [0.1, 0.15) is 34.5 Å². The van der Waals surface area contributed by atoms with E-state index in [0.717, 1.165) is 16.8 Å². The topological polar surface area (TPSA) is 72.7 Å². The molecule has 1 unspecified atom stereocenters. The van der Waals surface area contributed by atoms with Gasteiger partial charge in [-0.25, -0.2) is 19.0 Å². The molecule has 6 nitrogen and oxygen atoms in total. The van der Waals surface area contributed by atoms with Gasteiger partial charge in [0, 0.05) is 11.9 Å². The van der Waals surface area contributed by atoms with Gasteiger partial charge in [-0.15, -0.1) is 11.8 Å². The largest absolute Gasteiger partial charge is 0.345 e. The van der Waals surface area contributed by atoms with Gasteiger partial charge in [-0.2, -0.15) is 5.10 Å². The molecular weight excluding hydrogens is 413 g/mol. The highest BCUT2D eigenvalue weighted by Crippen LogP contribution is 2.25. The Morgan fingerprint density at radius 1 is 1.13 bits per heavy atom. The molecule has 1 atom stereocenters. The summed E-state index contributed by atoms with van der Waals surface area (Å²) < 4.78 is 14.8. The molecule has 31 heavy (non-hydrogen) atoms. The Morgan fingerprint density at radius 3 is 2.61 bits per heavy atom. The van der Waals surface area contributed by atoms with Crippen LogP contribution in [0.2, 0.25) is 0 Å². The number of hydrogen-bond donors (Lipinski definition) is 1. The molecule has 156 valence electrons. The highest BCUT2D eigenvalue weighted by Gasteiger charge is 2.16. The molecule has 0 aliphatic heterocycles. The van der Waals surface area contributed by atoms with Crippen LogP contribution in [-0.2, 0) is 5.75 Å². The lowest BCUT2D eigenvalue weighted by Gasteiger charge is -2.16. The van der Waals surface area contributed by atoms with Gasteiger partial charge in [-0.05, 0) is 54.4 Å². The zero-order valence-corrected chi connectivity index (χ0v) is 17.6. The normalized spacial score (nSPS) is 11.8. The first-order valence-electron chi connectivity index (χ1n) is 9.68. The summed E-state index contributed by atoms with van der Waals surface area (Å²) in [5.74, 6) is 0.133. The third-order valence-electron chi connectivity index (χ3n) is 4.73. The fourth-order valence-electron chi connectivity index (χ4n) is 3.03. The van der Waals surface area contributed by atoms with Crippen LogP contribution in [0, 0.1) is 5.82 Å². The van der Waals surface area contributed by atoms with E-state index in [1.165, 1.54) is 30.2 Å². The minimum atomic E-state index is -0.269. The molecule has 2 heterocycles. The van der Waals surface area contributed by atoms with Gasteiger partial charge in [-0.3, -0.25) is 4.79 Å². The van der Waals surface area contributed by atoms with Gasteiger partial charge in [0.2, 0.25) is 0 Å². The maximum absolute atomic E-state index is 13.1. The van der Waals surface area contributed by atoms with Gasteiger partial charge in [0.25, 0.3) is 5.91 Å². The number of carbonyl (C=O) groups excluding carboxylic acids is 1. The average Bonchev–Trinajstić information content (AvgIpc) is 3.34. The van der Waals surface area contributed by atoms with Crippen molar-refractivity contribution >= 4 is 17.7 Å². The zero-order valence-electron chi connectivity index (χ0n) is 16.8. The average molecular weight is 434 g/mol. The van der Waals surface area contributed by atoms with E-state index in [1.807, 2.05) is 31.2 Å². The van der Waals surface area contributed by atoms with E-state index in [0.29, 0.717) is 16.3 Å². The molecule has 0 saturated heterocycles. The molecule has 0 aliphatic rings. The number of rotatable bonds is 7. The fraction of sp³-hybridized carbons (Fsp3) is 0.130. The van der Waals surface area contributed by atoms with Crippen molar-refractivity contribution in [2.75, 3.05) is 0 Å². The van der Waals surface area contributed by atoms with E-state index in [4.69, 9.17) is 0 Å². The summed E-state index contributed by atoms with van der Waals surface area (Å²) in [4.78, 5) is 21.2. The Labute approximate surface area is 183 Å².